The summed E-state index contributed by atoms with van der Waals surface area (Å²) in [5.41, 5.74) is 1.36. The molecule has 2 aromatic carbocycles. The monoisotopic (exact) mass is 423 g/mol. The number of rotatable bonds is 7. The van der Waals surface area contributed by atoms with E-state index in [9.17, 15) is 14.4 Å². The molecule has 31 heavy (non-hydrogen) atoms. The van der Waals surface area contributed by atoms with Crippen molar-refractivity contribution >= 4 is 39.6 Å². The van der Waals surface area contributed by atoms with Gasteiger partial charge in [-0.3, -0.25) is 9.59 Å². The predicted molar refractivity (Wildman–Crippen MR) is 112 cm³/mol. The van der Waals surface area contributed by atoms with Crippen LogP contribution in [0.2, 0.25) is 0 Å². The number of para-hydroxylation sites is 2. The zero-order chi connectivity index (χ0) is 22.1. The number of ether oxygens (including phenoxy) is 1. The minimum Gasteiger partial charge on any atom is -0.495 e. The van der Waals surface area contributed by atoms with Crippen LogP contribution in [0.1, 0.15) is 0 Å². The number of carboxylic acid groups (broad SMARTS) is 2. The lowest BCUT2D eigenvalue weighted by Gasteiger charge is -2.23. The third-order valence-corrected chi connectivity index (χ3v) is 4.67. The van der Waals surface area contributed by atoms with E-state index in [4.69, 9.17) is 19.4 Å². The lowest BCUT2D eigenvalue weighted by atomic mass is 10.1. The second kappa shape index (κ2) is 7.82. The molecule has 0 aliphatic heterocycles. The van der Waals surface area contributed by atoms with Crippen LogP contribution in [-0.4, -0.2) is 52.3 Å². The number of carbonyl (C=O) groups is 2. The molecule has 0 saturated carbocycles. The second-order valence-electron chi connectivity index (χ2n) is 6.76. The Balaban J connectivity index is 1.85. The first kappa shape index (κ1) is 20.0. The standard InChI is InChI=1S/C21H17N3O7/c1-30-17-7-11-6-12(20-22-13-4-2-3-5-14(13)23-20)21(29)31-16(11)8-15(17)24(9-18(25)26)10-19(27)28/h2-8H,9-10H2,1H3,(H,22,23)(H,25,26)(H,27,28). The van der Waals surface area contributed by atoms with Gasteiger partial charge in [0, 0.05) is 11.5 Å². The summed E-state index contributed by atoms with van der Waals surface area (Å²) in [6.45, 7) is -1.15. The first-order valence-corrected chi connectivity index (χ1v) is 9.15. The lowest BCUT2D eigenvalue weighted by Crippen LogP contribution is -2.34. The highest BCUT2D eigenvalue weighted by Gasteiger charge is 2.21. The number of methoxy groups -OCH3 is 1. The topological polar surface area (TPSA) is 146 Å². The Hall–Kier alpha value is -4.34. The average Bonchev–Trinajstić information content (AvgIpc) is 3.15. The highest BCUT2D eigenvalue weighted by atomic mass is 16.5. The third-order valence-electron chi connectivity index (χ3n) is 4.67. The van der Waals surface area contributed by atoms with Crippen molar-refractivity contribution in [2.24, 2.45) is 0 Å². The molecule has 0 amide bonds. The molecule has 10 nitrogen and oxygen atoms in total. The summed E-state index contributed by atoms with van der Waals surface area (Å²) < 4.78 is 10.8. The summed E-state index contributed by atoms with van der Waals surface area (Å²) in [6.07, 6.45) is 0. The Morgan fingerprint density at radius 3 is 2.48 bits per heavy atom. The van der Waals surface area contributed by atoms with E-state index < -0.39 is 30.7 Å². The molecule has 0 aliphatic rings. The van der Waals surface area contributed by atoms with Gasteiger partial charge in [0.25, 0.3) is 0 Å². The fraction of sp³-hybridized carbons (Fsp3) is 0.143. The van der Waals surface area contributed by atoms with Crippen molar-refractivity contribution in [2.75, 3.05) is 25.1 Å². The van der Waals surface area contributed by atoms with E-state index in [0.717, 1.165) is 10.4 Å². The molecule has 2 aromatic heterocycles. The van der Waals surface area contributed by atoms with E-state index in [1.807, 2.05) is 24.3 Å². The molecular formula is C21H17N3O7. The number of H-pyrrole nitrogens is 1. The summed E-state index contributed by atoms with van der Waals surface area (Å²) in [7, 11) is 1.38. The maximum absolute atomic E-state index is 12.6. The van der Waals surface area contributed by atoms with Crippen molar-refractivity contribution in [2.45, 2.75) is 0 Å². The molecule has 3 N–H and O–H groups in total. The van der Waals surface area contributed by atoms with Crippen LogP contribution >= 0.6 is 0 Å². The number of fused-ring (bicyclic) bond motifs is 2. The zero-order valence-electron chi connectivity index (χ0n) is 16.3. The quantitative estimate of drug-likeness (QED) is 0.381. The predicted octanol–water partition coefficient (Wildman–Crippen LogP) is 2.32. The van der Waals surface area contributed by atoms with E-state index in [2.05, 4.69) is 9.97 Å². The molecular weight excluding hydrogens is 406 g/mol. The lowest BCUT2D eigenvalue weighted by molar-refractivity contribution is -0.136. The van der Waals surface area contributed by atoms with Crippen LogP contribution in [-0.2, 0) is 9.59 Å². The van der Waals surface area contributed by atoms with Gasteiger partial charge in [-0.1, -0.05) is 12.1 Å². The fourth-order valence-electron chi connectivity index (χ4n) is 3.34. The largest absolute Gasteiger partial charge is 0.495 e. The van der Waals surface area contributed by atoms with Crippen molar-refractivity contribution in [1.29, 1.82) is 0 Å². The zero-order valence-corrected chi connectivity index (χ0v) is 16.3. The number of aromatic nitrogens is 2. The first-order valence-electron chi connectivity index (χ1n) is 9.15. The number of anilines is 1. The number of nitrogens with one attached hydrogen (secondary N) is 1. The molecule has 10 heteroatoms. The Bertz CT molecular complexity index is 1320. The Kier molecular flexibility index (Phi) is 5.04. The van der Waals surface area contributed by atoms with Crippen LogP contribution in [0.4, 0.5) is 5.69 Å². The summed E-state index contributed by atoms with van der Waals surface area (Å²) in [5.74, 6) is -1.85. The Morgan fingerprint density at radius 1 is 1.13 bits per heavy atom. The van der Waals surface area contributed by atoms with E-state index in [1.165, 1.54) is 13.2 Å². The SMILES string of the molecule is COc1cc2cc(-c3nc4ccccc4[nH]3)c(=O)oc2cc1N(CC(=O)O)CC(=O)O. The summed E-state index contributed by atoms with van der Waals surface area (Å²) in [6, 6.07) is 11.9. The van der Waals surface area contributed by atoms with Gasteiger partial charge in [0.1, 0.15) is 35.8 Å². The van der Waals surface area contributed by atoms with Crippen molar-refractivity contribution in [3.8, 4) is 17.1 Å². The number of nitrogens with zero attached hydrogens (tertiary/aromatic N) is 2. The first-order chi connectivity index (χ1) is 14.9. The third kappa shape index (κ3) is 3.90. The molecule has 0 atom stereocenters. The molecule has 0 fully saturated rings. The smallest absolute Gasteiger partial charge is 0.347 e. The van der Waals surface area contributed by atoms with Gasteiger partial charge in [-0.05, 0) is 24.3 Å². The molecule has 0 saturated heterocycles. The number of hydrogen-bond donors (Lipinski definition) is 3. The fourth-order valence-corrected chi connectivity index (χ4v) is 3.34. The Morgan fingerprint density at radius 2 is 1.84 bits per heavy atom. The number of aromatic amines is 1. The van der Waals surface area contributed by atoms with Gasteiger partial charge in [-0.15, -0.1) is 0 Å². The molecule has 0 bridgehead atoms. The van der Waals surface area contributed by atoms with Gasteiger partial charge in [-0.2, -0.15) is 0 Å². The molecule has 2 heterocycles. The van der Waals surface area contributed by atoms with E-state index in [1.54, 1.807) is 12.1 Å². The summed E-state index contributed by atoms with van der Waals surface area (Å²) in [5, 5.41) is 18.8. The van der Waals surface area contributed by atoms with Crippen LogP contribution in [0.25, 0.3) is 33.4 Å². The number of imidazole rings is 1. The van der Waals surface area contributed by atoms with Gasteiger partial charge in [-0.25, -0.2) is 9.78 Å². The minimum atomic E-state index is -1.22. The van der Waals surface area contributed by atoms with Gasteiger partial charge < -0.3 is 29.3 Å². The van der Waals surface area contributed by atoms with Crippen molar-refractivity contribution in [3.63, 3.8) is 0 Å². The van der Waals surface area contributed by atoms with Crippen molar-refractivity contribution in [3.05, 3.63) is 52.9 Å². The second-order valence-corrected chi connectivity index (χ2v) is 6.76. The van der Waals surface area contributed by atoms with Crippen LogP contribution in [0.5, 0.6) is 5.75 Å². The van der Waals surface area contributed by atoms with Gasteiger partial charge in [0.15, 0.2) is 0 Å². The summed E-state index contributed by atoms with van der Waals surface area (Å²) in [4.78, 5) is 43.6. The molecule has 0 radical (unpaired) electrons. The summed E-state index contributed by atoms with van der Waals surface area (Å²) >= 11 is 0. The highest BCUT2D eigenvalue weighted by Crippen LogP contribution is 2.34. The maximum atomic E-state index is 12.6. The van der Waals surface area contributed by atoms with E-state index >= 15 is 0 Å². The van der Waals surface area contributed by atoms with Gasteiger partial charge in [0.2, 0.25) is 0 Å². The number of carboxylic acids is 2. The van der Waals surface area contributed by atoms with Crippen LogP contribution in [0, 0.1) is 0 Å². The van der Waals surface area contributed by atoms with Crippen LogP contribution in [0.15, 0.2) is 51.7 Å². The molecule has 0 unspecified atom stereocenters. The average molecular weight is 423 g/mol. The highest BCUT2D eigenvalue weighted by molar-refractivity contribution is 5.90. The number of benzene rings is 2. The van der Waals surface area contributed by atoms with Crippen LogP contribution in [0.3, 0.4) is 0 Å². The molecule has 0 spiro atoms. The minimum absolute atomic E-state index is 0.154. The molecule has 4 aromatic rings. The number of aliphatic carboxylic acids is 2. The number of hydrogen-bond acceptors (Lipinski definition) is 7. The van der Waals surface area contributed by atoms with E-state index in [-0.39, 0.29) is 22.6 Å². The maximum Gasteiger partial charge on any atom is 0.347 e. The molecule has 0 aliphatic carbocycles. The van der Waals surface area contributed by atoms with Crippen molar-refractivity contribution < 1.29 is 29.0 Å². The molecule has 158 valence electrons. The van der Waals surface area contributed by atoms with Gasteiger partial charge in [0.05, 0.1) is 23.8 Å². The van der Waals surface area contributed by atoms with Gasteiger partial charge >= 0.3 is 17.6 Å². The Labute approximate surface area is 174 Å². The van der Waals surface area contributed by atoms with E-state index in [0.29, 0.717) is 16.7 Å². The van der Waals surface area contributed by atoms with Crippen molar-refractivity contribution in [1.82, 2.24) is 9.97 Å². The molecule has 4 rings (SSSR count). The van der Waals surface area contributed by atoms with Crippen LogP contribution < -0.4 is 15.3 Å². The normalized spacial score (nSPS) is 11.0.